The number of fused-ring (bicyclic) bond motifs is 4. The summed E-state index contributed by atoms with van der Waals surface area (Å²) in [6.45, 7) is 0.0188. The monoisotopic (exact) mass is 466 g/mol. The first-order valence-electron chi connectivity index (χ1n) is 10.9. The van der Waals surface area contributed by atoms with Gasteiger partial charge in [0.25, 0.3) is 0 Å². The molecule has 1 spiro atoms. The fraction of sp³-hybridized carbons (Fsp3) is 0.333. The van der Waals surface area contributed by atoms with E-state index in [0.717, 1.165) is 4.90 Å². The maximum Gasteiger partial charge on any atom is 0.250 e. The number of nitrogens with two attached hydrogens (primary N) is 1. The van der Waals surface area contributed by atoms with E-state index in [1.807, 2.05) is 0 Å². The highest BCUT2D eigenvalue weighted by Gasteiger charge is 2.70. The summed E-state index contributed by atoms with van der Waals surface area (Å²) in [4.78, 5) is 53.1. The van der Waals surface area contributed by atoms with Crippen molar-refractivity contribution in [3.8, 4) is 5.75 Å². The molecule has 0 aromatic heterocycles. The lowest BCUT2D eigenvalue weighted by Crippen LogP contribution is -2.53. The van der Waals surface area contributed by atoms with Crippen molar-refractivity contribution in [2.45, 2.75) is 31.0 Å². The van der Waals surface area contributed by atoms with Gasteiger partial charge in [-0.15, -0.1) is 0 Å². The van der Waals surface area contributed by atoms with Crippen LogP contribution in [0.25, 0.3) is 0 Å². The molecule has 2 saturated heterocycles. The Bertz CT molecular complexity index is 1220. The van der Waals surface area contributed by atoms with Crippen LogP contribution in [-0.4, -0.2) is 41.7 Å². The van der Waals surface area contributed by atoms with Gasteiger partial charge in [0.05, 0.1) is 25.5 Å². The Morgan fingerprint density at radius 3 is 2.56 bits per heavy atom. The second kappa shape index (κ2) is 7.91. The van der Waals surface area contributed by atoms with Crippen LogP contribution in [-0.2, 0) is 31.3 Å². The van der Waals surface area contributed by atoms with E-state index in [1.165, 1.54) is 25.3 Å². The van der Waals surface area contributed by atoms with Gasteiger partial charge in [0.2, 0.25) is 23.6 Å². The molecule has 9 nitrogen and oxygen atoms in total. The van der Waals surface area contributed by atoms with E-state index in [1.54, 1.807) is 24.3 Å². The van der Waals surface area contributed by atoms with Gasteiger partial charge in [-0.3, -0.25) is 29.4 Å². The van der Waals surface area contributed by atoms with Gasteiger partial charge in [-0.1, -0.05) is 12.1 Å². The third-order valence-electron chi connectivity index (χ3n) is 6.97. The highest BCUT2D eigenvalue weighted by Crippen LogP contribution is 2.53. The van der Waals surface area contributed by atoms with Crippen molar-refractivity contribution in [3.05, 3.63) is 59.4 Å². The number of halogens is 1. The number of nitrogens with one attached hydrogen (secondary N) is 2. The fourth-order valence-corrected chi connectivity index (χ4v) is 5.45. The number of primary amides is 1. The molecule has 4 N–H and O–H groups in total. The Kier molecular flexibility index (Phi) is 5.12. The number of rotatable bonds is 6. The molecule has 0 unspecified atom stereocenters. The van der Waals surface area contributed by atoms with Crippen LogP contribution in [0.15, 0.2) is 42.5 Å². The van der Waals surface area contributed by atoms with Crippen molar-refractivity contribution in [3.63, 3.8) is 0 Å². The van der Waals surface area contributed by atoms with E-state index in [0.29, 0.717) is 17.0 Å². The van der Waals surface area contributed by atoms with E-state index in [-0.39, 0.29) is 24.9 Å². The molecular formula is C24H23FN4O5. The molecule has 2 aromatic rings. The van der Waals surface area contributed by atoms with Gasteiger partial charge in [-0.25, -0.2) is 4.39 Å². The zero-order valence-electron chi connectivity index (χ0n) is 18.3. The van der Waals surface area contributed by atoms with Crippen LogP contribution in [0.3, 0.4) is 0 Å². The minimum absolute atomic E-state index is 0.0188. The number of hydrogen-bond donors (Lipinski definition) is 3. The lowest BCUT2D eigenvalue weighted by atomic mass is 9.76. The van der Waals surface area contributed by atoms with Crippen LogP contribution in [0.2, 0.25) is 0 Å². The largest absolute Gasteiger partial charge is 0.497 e. The number of carbonyl (C=O) groups is 4. The molecule has 0 radical (unpaired) electrons. The van der Waals surface area contributed by atoms with Crippen molar-refractivity contribution < 1.29 is 28.3 Å². The maximum atomic E-state index is 14.2. The van der Waals surface area contributed by atoms with Crippen molar-refractivity contribution >= 4 is 29.3 Å². The Hall–Kier alpha value is -3.79. The summed E-state index contributed by atoms with van der Waals surface area (Å²) < 4.78 is 19.4. The van der Waals surface area contributed by atoms with E-state index in [4.69, 9.17) is 10.5 Å². The van der Waals surface area contributed by atoms with Gasteiger partial charge in [0.1, 0.15) is 17.1 Å². The Morgan fingerprint density at radius 2 is 1.88 bits per heavy atom. The van der Waals surface area contributed by atoms with Crippen LogP contribution in [0.4, 0.5) is 10.1 Å². The summed E-state index contributed by atoms with van der Waals surface area (Å²) in [6, 6.07) is 10.1. The number of amides is 4. The summed E-state index contributed by atoms with van der Waals surface area (Å²) in [5, 5.41) is 5.86. The zero-order chi connectivity index (χ0) is 24.2. The highest BCUT2D eigenvalue weighted by atomic mass is 19.1. The van der Waals surface area contributed by atoms with Crippen LogP contribution in [0.5, 0.6) is 5.75 Å². The second-order valence-electron chi connectivity index (χ2n) is 8.82. The van der Waals surface area contributed by atoms with Gasteiger partial charge in [-0.2, -0.15) is 0 Å². The number of benzene rings is 2. The first-order chi connectivity index (χ1) is 16.3. The van der Waals surface area contributed by atoms with Gasteiger partial charge in [-0.05, 0) is 42.3 Å². The Morgan fingerprint density at radius 1 is 1.15 bits per heavy atom. The molecule has 2 aromatic carbocycles. The minimum Gasteiger partial charge on any atom is -0.497 e. The Balaban J connectivity index is 1.56. The van der Waals surface area contributed by atoms with Crippen molar-refractivity contribution in [1.82, 2.24) is 10.2 Å². The fourth-order valence-electron chi connectivity index (χ4n) is 5.45. The standard InChI is InChI=1S/C24H23FN4O5/c1-34-14-5-2-12(3-6-14)11-29-21(31)19-17(8-9-18(26)30)28-24(20(19)22(29)32)15-10-13(25)4-7-16(15)27-23(24)33/h2-7,10,17,19-20,28H,8-9,11H2,1H3,(H2,26,30)(H,27,33)/t17-,19+,20-,24-/m0/s1. The van der Waals surface area contributed by atoms with Crippen molar-refractivity contribution in [2.75, 3.05) is 12.4 Å². The molecule has 5 rings (SSSR count). The average Bonchev–Trinajstić information content (AvgIpc) is 3.39. The van der Waals surface area contributed by atoms with Crippen LogP contribution in [0.1, 0.15) is 24.0 Å². The quantitative estimate of drug-likeness (QED) is 0.545. The molecule has 0 bridgehead atoms. The second-order valence-corrected chi connectivity index (χ2v) is 8.82. The number of ether oxygens (including phenoxy) is 1. The normalized spacial score (nSPS) is 27.2. The first kappa shape index (κ1) is 22.0. The average molecular weight is 466 g/mol. The first-order valence-corrected chi connectivity index (χ1v) is 10.9. The smallest absolute Gasteiger partial charge is 0.250 e. The van der Waals surface area contributed by atoms with Crippen LogP contribution in [0, 0.1) is 17.7 Å². The molecule has 34 heavy (non-hydrogen) atoms. The number of likely N-dealkylation sites (tertiary alicyclic amines) is 1. The SMILES string of the molecule is COc1ccc(CN2C(=O)[C@@H]3[C@H](CCC(N)=O)N[C@]4(C(=O)Nc5ccc(F)cc54)[C@@H]3C2=O)cc1. The van der Waals surface area contributed by atoms with E-state index in [9.17, 15) is 23.6 Å². The van der Waals surface area contributed by atoms with Gasteiger partial charge < -0.3 is 15.8 Å². The molecule has 4 atom stereocenters. The minimum atomic E-state index is -1.62. The molecule has 2 fully saturated rings. The molecular weight excluding hydrogens is 443 g/mol. The van der Waals surface area contributed by atoms with Gasteiger partial charge in [0.15, 0.2) is 0 Å². The molecule has 4 amide bonds. The summed E-state index contributed by atoms with van der Waals surface area (Å²) >= 11 is 0. The summed E-state index contributed by atoms with van der Waals surface area (Å²) in [5.74, 6) is -3.97. The van der Waals surface area contributed by atoms with E-state index >= 15 is 0 Å². The topological polar surface area (TPSA) is 131 Å². The summed E-state index contributed by atoms with van der Waals surface area (Å²) in [7, 11) is 1.54. The Labute approximate surface area is 194 Å². The van der Waals surface area contributed by atoms with E-state index in [2.05, 4.69) is 10.6 Å². The number of nitrogens with zero attached hydrogens (tertiary/aromatic N) is 1. The number of imide groups is 1. The predicted octanol–water partition coefficient (Wildman–Crippen LogP) is 1.02. The van der Waals surface area contributed by atoms with Crippen LogP contribution < -0.4 is 21.1 Å². The summed E-state index contributed by atoms with van der Waals surface area (Å²) in [6.07, 6.45) is 0.125. The van der Waals surface area contributed by atoms with Gasteiger partial charge in [0, 0.05) is 23.7 Å². The lowest BCUT2D eigenvalue weighted by molar-refractivity contribution is -0.143. The summed E-state index contributed by atoms with van der Waals surface area (Å²) in [5.41, 5.74) is 5.07. The molecule has 176 valence electrons. The number of carbonyl (C=O) groups excluding carboxylic acids is 4. The molecule has 3 aliphatic heterocycles. The maximum absolute atomic E-state index is 14.2. The van der Waals surface area contributed by atoms with Crippen molar-refractivity contribution in [1.29, 1.82) is 0 Å². The molecule has 3 aliphatic rings. The molecule has 3 heterocycles. The number of hydrogen-bond acceptors (Lipinski definition) is 6. The molecule has 0 saturated carbocycles. The highest BCUT2D eigenvalue weighted by molar-refractivity contribution is 6.15. The van der Waals surface area contributed by atoms with Crippen molar-refractivity contribution in [2.24, 2.45) is 17.6 Å². The number of methoxy groups -OCH3 is 1. The van der Waals surface area contributed by atoms with E-state index < -0.39 is 52.9 Å². The third-order valence-corrected chi connectivity index (χ3v) is 6.97. The number of anilines is 1. The molecule has 10 heteroatoms. The van der Waals surface area contributed by atoms with Gasteiger partial charge >= 0.3 is 0 Å². The lowest BCUT2D eigenvalue weighted by Gasteiger charge is -2.29. The zero-order valence-corrected chi connectivity index (χ0v) is 18.3. The molecule has 0 aliphatic carbocycles. The van der Waals surface area contributed by atoms with Crippen LogP contribution >= 0.6 is 0 Å². The predicted molar refractivity (Wildman–Crippen MR) is 118 cm³/mol. The third kappa shape index (κ3) is 3.17.